The van der Waals surface area contributed by atoms with E-state index in [1.807, 2.05) is 13.8 Å². The molecule has 11 heteroatoms. The van der Waals surface area contributed by atoms with Gasteiger partial charge in [0.15, 0.2) is 0 Å². The van der Waals surface area contributed by atoms with Gasteiger partial charge in [0.2, 0.25) is 23.6 Å². The number of carbonyl (C=O) groups excluding carboxylic acids is 4. The number of amides is 4. The summed E-state index contributed by atoms with van der Waals surface area (Å²) >= 11 is 0. The minimum atomic E-state index is -1.19. The fourth-order valence-electron chi connectivity index (χ4n) is 2.62. The van der Waals surface area contributed by atoms with Gasteiger partial charge >= 0.3 is 5.97 Å². The van der Waals surface area contributed by atoms with Crippen LogP contribution in [0.15, 0.2) is 0 Å². The highest BCUT2D eigenvalue weighted by Crippen LogP contribution is 2.06. The normalized spacial score (nSPS) is 15.1. The zero-order valence-corrected chi connectivity index (χ0v) is 18.2. The molecule has 4 amide bonds. The van der Waals surface area contributed by atoms with Crippen LogP contribution < -0.4 is 27.4 Å². The Bertz CT molecular complexity index is 637. The van der Waals surface area contributed by atoms with Crippen LogP contribution in [0.25, 0.3) is 0 Å². The van der Waals surface area contributed by atoms with Crippen molar-refractivity contribution < 1.29 is 29.1 Å². The van der Waals surface area contributed by atoms with Crippen LogP contribution in [0.5, 0.6) is 0 Å². The van der Waals surface area contributed by atoms with Gasteiger partial charge in [0.25, 0.3) is 0 Å². The molecular weight excluding hydrogens is 394 g/mol. The Kier molecular flexibility index (Phi) is 11.6. The maximum Gasteiger partial charge on any atom is 0.326 e. The third kappa shape index (κ3) is 10.2. The molecule has 0 radical (unpaired) electrons. The molecule has 0 spiro atoms. The quantitative estimate of drug-likeness (QED) is 0.212. The van der Waals surface area contributed by atoms with Crippen molar-refractivity contribution in [1.82, 2.24) is 16.0 Å². The average Bonchev–Trinajstić information content (AvgIpc) is 2.60. The lowest BCUT2D eigenvalue weighted by molar-refractivity contribution is -0.143. The molecule has 4 unspecified atom stereocenters. The number of aliphatic carboxylic acids is 1. The van der Waals surface area contributed by atoms with Crippen LogP contribution >= 0.6 is 0 Å². The molecule has 0 aromatic heterocycles. The molecule has 11 nitrogen and oxygen atoms in total. The number of hydrogen-bond acceptors (Lipinski definition) is 6. The number of rotatable bonds is 13. The molecule has 8 N–H and O–H groups in total. The van der Waals surface area contributed by atoms with E-state index in [1.165, 1.54) is 6.92 Å². The molecule has 0 aromatic carbocycles. The summed E-state index contributed by atoms with van der Waals surface area (Å²) in [5.74, 6) is -4.00. The van der Waals surface area contributed by atoms with Crippen LogP contribution in [0, 0.1) is 11.8 Å². The van der Waals surface area contributed by atoms with Crippen molar-refractivity contribution in [1.29, 1.82) is 0 Å². The fraction of sp³-hybridized carbons (Fsp3) is 0.737. The van der Waals surface area contributed by atoms with E-state index in [0.29, 0.717) is 6.42 Å². The largest absolute Gasteiger partial charge is 0.480 e. The van der Waals surface area contributed by atoms with Gasteiger partial charge in [-0.3, -0.25) is 19.2 Å². The predicted molar refractivity (Wildman–Crippen MR) is 110 cm³/mol. The van der Waals surface area contributed by atoms with Crippen LogP contribution in [0.1, 0.15) is 53.9 Å². The average molecular weight is 430 g/mol. The molecular formula is C19H35N5O6. The van der Waals surface area contributed by atoms with E-state index < -0.39 is 53.8 Å². The molecule has 30 heavy (non-hydrogen) atoms. The highest BCUT2D eigenvalue weighted by Gasteiger charge is 2.29. The third-order valence-electron chi connectivity index (χ3n) is 4.36. The minimum Gasteiger partial charge on any atom is -0.480 e. The first-order chi connectivity index (χ1) is 13.8. The Morgan fingerprint density at radius 1 is 0.867 bits per heavy atom. The first-order valence-electron chi connectivity index (χ1n) is 9.94. The van der Waals surface area contributed by atoms with Crippen LogP contribution in [-0.4, -0.2) is 58.9 Å². The van der Waals surface area contributed by atoms with E-state index in [4.69, 9.17) is 11.5 Å². The Morgan fingerprint density at radius 2 is 1.43 bits per heavy atom. The standard InChI is InChI=1S/C19H35N5O6/c1-9(2)8-12(20)17(27)23-13(6-7-14(21)25)18(28)22-11(5)16(26)24-15(10(3)4)19(29)30/h9-13,15H,6-8,20H2,1-5H3,(H2,21,25)(H,22,28)(H,23,27)(H,24,26)(H,29,30). The summed E-state index contributed by atoms with van der Waals surface area (Å²) in [5, 5.41) is 16.4. The molecule has 0 aliphatic carbocycles. The second-order valence-corrected chi connectivity index (χ2v) is 8.10. The molecule has 4 atom stereocenters. The Balaban J connectivity index is 5.13. The summed E-state index contributed by atoms with van der Waals surface area (Å²) < 4.78 is 0. The number of nitrogens with two attached hydrogens (primary N) is 2. The zero-order chi connectivity index (χ0) is 23.6. The van der Waals surface area contributed by atoms with E-state index in [2.05, 4.69) is 16.0 Å². The molecule has 0 bridgehead atoms. The number of carbonyl (C=O) groups is 5. The first kappa shape index (κ1) is 27.3. The lowest BCUT2D eigenvalue weighted by atomic mass is 10.0. The number of nitrogens with one attached hydrogen (secondary N) is 3. The molecule has 0 saturated heterocycles. The van der Waals surface area contributed by atoms with Crippen molar-refractivity contribution >= 4 is 29.6 Å². The van der Waals surface area contributed by atoms with Gasteiger partial charge in [-0.1, -0.05) is 27.7 Å². The van der Waals surface area contributed by atoms with Crippen molar-refractivity contribution in [2.24, 2.45) is 23.3 Å². The number of hydrogen-bond donors (Lipinski definition) is 6. The van der Waals surface area contributed by atoms with E-state index >= 15 is 0 Å². The summed E-state index contributed by atoms with van der Waals surface area (Å²) in [6.07, 6.45) is 0.173. The predicted octanol–water partition coefficient (Wildman–Crippen LogP) is -1.16. The second-order valence-electron chi connectivity index (χ2n) is 8.10. The Labute approximate surface area is 176 Å². The molecule has 0 saturated carbocycles. The summed E-state index contributed by atoms with van der Waals surface area (Å²) in [7, 11) is 0. The monoisotopic (exact) mass is 429 g/mol. The highest BCUT2D eigenvalue weighted by atomic mass is 16.4. The lowest BCUT2D eigenvalue weighted by Crippen LogP contribution is -2.57. The van der Waals surface area contributed by atoms with Crippen molar-refractivity contribution in [3.05, 3.63) is 0 Å². The van der Waals surface area contributed by atoms with Crippen molar-refractivity contribution in [3.63, 3.8) is 0 Å². The Hall–Kier alpha value is -2.69. The van der Waals surface area contributed by atoms with Gasteiger partial charge in [-0.05, 0) is 31.6 Å². The van der Waals surface area contributed by atoms with Crippen molar-refractivity contribution in [2.75, 3.05) is 0 Å². The number of carboxylic acids is 1. The number of primary amides is 1. The van der Waals surface area contributed by atoms with E-state index in [0.717, 1.165) is 0 Å². The fourth-order valence-corrected chi connectivity index (χ4v) is 2.62. The first-order valence-corrected chi connectivity index (χ1v) is 9.94. The van der Waals surface area contributed by atoms with E-state index in [-0.39, 0.29) is 24.7 Å². The van der Waals surface area contributed by atoms with Gasteiger partial charge in [0.05, 0.1) is 6.04 Å². The van der Waals surface area contributed by atoms with Gasteiger partial charge in [-0.15, -0.1) is 0 Å². The molecule has 0 aliphatic rings. The molecule has 172 valence electrons. The summed E-state index contributed by atoms with van der Waals surface area (Å²) in [4.78, 5) is 59.5. The van der Waals surface area contributed by atoms with Gasteiger partial charge in [-0.25, -0.2) is 4.79 Å². The third-order valence-corrected chi connectivity index (χ3v) is 4.36. The Morgan fingerprint density at radius 3 is 1.87 bits per heavy atom. The molecule has 0 heterocycles. The van der Waals surface area contributed by atoms with Gasteiger partial charge in [0.1, 0.15) is 18.1 Å². The number of carboxylic acid groups (broad SMARTS) is 1. The van der Waals surface area contributed by atoms with E-state index in [9.17, 15) is 29.1 Å². The van der Waals surface area contributed by atoms with Crippen molar-refractivity contribution in [3.8, 4) is 0 Å². The summed E-state index contributed by atoms with van der Waals surface area (Å²) in [6, 6.07) is -4.15. The van der Waals surface area contributed by atoms with Crippen LogP contribution in [0.4, 0.5) is 0 Å². The lowest BCUT2D eigenvalue weighted by Gasteiger charge is -2.24. The van der Waals surface area contributed by atoms with Gasteiger partial charge in [0, 0.05) is 6.42 Å². The maximum atomic E-state index is 12.6. The second kappa shape index (κ2) is 12.8. The van der Waals surface area contributed by atoms with Crippen LogP contribution in [0.2, 0.25) is 0 Å². The highest BCUT2D eigenvalue weighted by molar-refractivity contribution is 5.94. The SMILES string of the molecule is CC(C)CC(N)C(=O)NC(CCC(N)=O)C(=O)NC(C)C(=O)NC(C(=O)O)C(C)C. The topological polar surface area (TPSA) is 194 Å². The van der Waals surface area contributed by atoms with Crippen molar-refractivity contribution in [2.45, 2.75) is 78.0 Å². The molecule has 0 fully saturated rings. The smallest absolute Gasteiger partial charge is 0.326 e. The van der Waals surface area contributed by atoms with E-state index in [1.54, 1.807) is 13.8 Å². The summed E-state index contributed by atoms with van der Waals surface area (Å²) in [6.45, 7) is 8.44. The molecule has 0 rings (SSSR count). The van der Waals surface area contributed by atoms with Crippen LogP contribution in [-0.2, 0) is 24.0 Å². The maximum absolute atomic E-state index is 12.6. The minimum absolute atomic E-state index is 0.0701. The van der Waals surface area contributed by atoms with Gasteiger partial charge in [-0.2, -0.15) is 0 Å². The molecule has 0 aromatic rings. The summed E-state index contributed by atoms with van der Waals surface area (Å²) in [5.41, 5.74) is 11.0. The van der Waals surface area contributed by atoms with Gasteiger partial charge < -0.3 is 32.5 Å². The molecule has 0 aliphatic heterocycles. The zero-order valence-electron chi connectivity index (χ0n) is 18.2. The van der Waals surface area contributed by atoms with Crippen LogP contribution in [0.3, 0.4) is 0 Å².